The van der Waals surface area contributed by atoms with Crippen molar-refractivity contribution in [3.05, 3.63) is 17.1 Å². The highest BCUT2D eigenvalue weighted by Gasteiger charge is 2.11. The zero-order valence-electron chi connectivity index (χ0n) is 10.9. The van der Waals surface area contributed by atoms with Gasteiger partial charge in [-0.05, 0) is 0 Å². The van der Waals surface area contributed by atoms with Gasteiger partial charge in [0, 0.05) is 5.38 Å². The lowest BCUT2D eigenvalue weighted by molar-refractivity contribution is -0.115. The second-order valence-electron chi connectivity index (χ2n) is 3.68. The molecule has 0 unspecified atom stereocenters. The van der Waals surface area contributed by atoms with Gasteiger partial charge in [-0.1, -0.05) is 0 Å². The highest BCUT2D eigenvalue weighted by Crippen LogP contribution is 2.17. The zero-order chi connectivity index (χ0) is 14.5. The lowest BCUT2D eigenvalue weighted by Crippen LogP contribution is -2.17. The predicted molar refractivity (Wildman–Crippen MR) is 74.0 cm³/mol. The van der Waals surface area contributed by atoms with Crippen LogP contribution in [0.3, 0.4) is 0 Å². The van der Waals surface area contributed by atoms with Crippen molar-refractivity contribution in [2.45, 2.75) is 6.42 Å². The van der Waals surface area contributed by atoms with Crippen molar-refractivity contribution in [1.29, 1.82) is 0 Å². The van der Waals surface area contributed by atoms with Gasteiger partial charge >= 0.3 is 0 Å². The van der Waals surface area contributed by atoms with Crippen LogP contribution in [0.1, 0.15) is 5.69 Å². The molecule has 0 saturated carbocycles. The number of aromatic nitrogens is 3. The van der Waals surface area contributed by atoms with Crippen molar-refractivity contribution >= 4 is 28.3 Å². The number of nitrogen functional groups attached to an aromatic ring is 1. The summed E-state index contributed by atoms with van der Waals surface area (Å²) in [6, 6.07) is 1.51. The molecule has 0 spiro atoms. The van der Waals surface area contributed by atoms with Gasteiger partial charge in [0.2, 0.25) is 23.6 Å². The molecular formula is C11H13N5O3S. The molecule has 0 atom stereocenters. The van der Waals surface area contributed by atoms with Crippen LogP contribution in [-0.4, -0.2) is 35.1 Å². The van der Waals surface area contributed by atoms with Crippen molar-refractivity contribution in [1.82, 2.24) is 15.0 Å². The molecule has 0 fully saturated rings. The van der Waals surface area contributed by atoms with Gasteiger partial charge in [0.05, 0.1) is 32.4 Å². The number of thiazole rings is 1. The van der Waals surface area contributed by atoms with Crippen LogP contribution in [0.15, 0.2) is 11.4 Å². The van der Waals surface area contributed by atoms with Crippen molar-refractivity contribution in [3.8, 4) is 11.8 Å². The Bertz CT molecular complexity index is 594. The summed E-state index contributed by atoms with van der Waals surface area (Å²) in [4.78, 5) is 23.8. The van der Waals surface area contributed by atoms with E-state index in [2.05, 4.69) is 20.3 Å². The quantitative estimate of drug-likeness (QED) is 0.835. The Morgan fingerprint density at radius 3 is 2.45 bits per heavy atom. The number of nitrogens with one attached hydrogen (secondary N) is 1. The van der Waals surface area contributed by atoms with E-state index < -0.39 is 0 Å². The number of ether oxygens (including phenoxy) is 2. The lowest BCUT2D eigenvalue weighted by Gasteiger charge is -2.06. The molecule has 3 N–H and O–H groups in total. The van der Waals surface area contributed by atoms with E-state index in [9.17, 15) is 4.79 Å². The Morgan fingerprint density at radius 2 is 1.95 bits per heavy atom. The van der Waals surface area contributed by atoms with Crippen LogP contribution in [0.5, 0.6) is 11.8 Å². The summed E-state index contributed by atoms with van der Waals surface area (Å²) < 4.78 is 9.98. The van der Waals surface area contributed by atoms with Crippen LogP contribution in [0.25, 0.3) is 0 Å². The highest BCUT2D eigenvalue weighted by molar-refractivity contribution is 7.13. The second kappa shape index (κ2) is 6.15. The molecule has 8 nitrogen and oxygen atoms in total. The summed E-state index contributed by atoms with van der Waals surface area (Å²) in [7, 11) is 2.93. The third-order valence-corrected chi connectivity index (χ3v) is 2.98. The van der Waals surface area contributed by atoms with Crippen LogP contribution < -0.4 is 20.5 Å². The molecule has 0 aliphatic heterocycles. The van der Waals surface area contributed by atoms with Crippen LogP contribution in [-0.2, 0) is 11.2 Å². The maximum atomic E-state index is 11.8. The summed E-state index contributed by atoms with van der Waals surface area (Å²) in [6.45, 7) is 0. The van der Waals surface area contributed by atoms with Crippen LogP contribution in [0.4, 0.5) is 11.1 Å². The summed E-state index contributed by atoms with van der Waals surface area (Å²) >= 11 is 1.28. The van der Waals surface area contributed by atoms with E-state index in [1.54, 1.807) is 5.38 Å². The minimum absolute atomic E-state index is 0.0938. The summed E-state index contributed by atoms with van der Waals surface area (Å²) in [6.07, 6.45) is 0.0938. The first kappa shape index (κ1) is 14.0. The monoisotopic (exact) mass is 295 g/mol. The fraction of sp³-hybridized carbons (Fsp3) is 0.273. The Labute approximate surface area is 119 Å². The molecule has 20 heavy (non-hydrogen) atoms. The van der Waals surface area contributed by atoms with E-state index in [0.29, 0.717) is 22.6 Å². The third-order valence-electron chi connectivity index (χ3n) is 2.26. The van der Waals surface area contributed by atoms with E-state index in [1.165, 1.54) is 31.6 Å². The second-order valence-corrected chi connectivity index (χ2v) is 4.57. The van der Waals surface area contributed by atoms with E-state index >= 15 is 0 Å². The van der Waals surface area contributed by atoms with Crippen molar-refractivity contribution in [2.24, 2.45) is 0 Å². The molecule has 0 radical (unpaired) electrons. The van der Waals surface area contributed by atoms with Crippen LogP contribution in [0.2, 0.25) is 0 Å². The lowest BCUT2D eigenvalue weighted by atomic mass is 10.3. The SMILES string of the molecule is COc1cc(OC)nc(NC(=O)Cc2csc(N)n2)n1. The van der Waals surface area contributed by atoms with Crippen LogP contribution >= 0.6 is 11.3 Å². The molecule has 0 aliphatic rings. The molecule has 2 heterocycles. The minimum Gasteiger partial charge on any atom is -0.481 e. The minimum atomic E-state index is -0.300. The van der Waals surface area contributed by atoms with Gasteiger partial charge in [-0.3, -0.25) is 10.1 Å². The number of rotatable bonds is 5. The average molecular weight is 295 g/mol. The summed E-state index contributed by atoms with van der Waals surface area (Å²) in [5.74, 6) is 0.398. The van der Waals surface area contributed by atoms with E-state index in [-0.39, 0.29) is 18.3 Å². The summed E-state index contributed by atoms with van der Waals surface area (Å²) in [5.41, 5.74) is 6.10. The molecular weight excluding hydrogens is 282 g/mol. The molecule has 9 heteroatoms. The van der Waals surface area contributed by atoms with Gasteiger partial charge in [0.25, 0.3) is 0 Å². The number of nitrogens with zero attached hydrogens (tertiary/aromatic N) is 3. The molecule has 2 aromatic rings. The Balaban J connectivity index is 2.07. The molecule has 106 valence electrons. The van der Waals surface area contributed by atoms with E-state index in [1.807, 2.05) is 0 Å². The zero-order valence-corrected chi connectivity index (χ0v) is 11.7. The van der Waals surface area contributed by atoms with Crippen molar-refractivity contribution in [2.75, 3.05) is 25.3 Å². The van der Waals surface area contributed by atoms with E-state index in [0.717, 1.165) is 0 Å². The number of hydrogen-bond acceptors (Lipinski definition) is 8. The first-order valence-corrected chi connectivity index (χ1v) is 6.45. The van der Waals surface area contributed by atoms with Gasteiger partial charge in [-0.2, -0.15) is 9.97 Å². The molecule has 0 aromatic carbocycles. The fourth-order valence-electron chi connectivity index (χ4n) is 1.41. The topological polar surface area (TPSA) is 112 Å². The van der Waals surface area contributed by atoms with Gasteiger partial charge in [-0.25, -0.2) is 4.98 Å². The van der Waals surface area contributed by atoms with Gasteiger partial charge in [-0.15, -0.1) is 11.3 Å². The average Bonchev–Trinajstić information content (AvgIpc) is 2.83. The van der Waals surface area contributed by atoms with E-state index in [4.69, 9.17) is 15.2 Å². The Kier molecular flexibility index (Phi) is 4.31. The number of hydrogen-bond donors (Lipinski definition) is 2. The number of anilines is 2. The molecule has 0 bridgehead atoms. The molecule has 2 rings (SSSR count). The van der Waals surface area contributed by atoms with Crippen molar-refractivity contribution in [3.63, 3.8) is 0 Å². The predicted octanol–water partition coefficient (Wildman–Crippen LogP) is 0.714. The third kappa shape index (κ3) is 3.54. The molecule has 1 amide bonds. The maximum absolute atomic E-state index is 11.8. The normalized spacial score (nSPS) is 10.1. The molecule has 0 saturated heterocycles. The largest absolute Gasteiger partial charge is 0.481 e. The van der Waals surface area contributed by atoms with Gasteiger partial charge in [0.1, 0.15) is 0 Å². The fourth-order valence-corrected chi connectivity index (χ4v) is 1.97. The Morgan fingerprint density at radius 1 is 1.30 bits per heavy atom. The molecule has 2 aromatic heterocycles. The number of carbonyl (C=O) groups is 1. The first-order valence-electron chi connectivity index (χ1n) is 5.57. The number of amides is 1. The van der Waals surface area contributed by atoms with Crippen molar-refractivity contribution < 1.29 is 14.3 Å². The first-order chi connectivity index (χ1) is 9.60. The number of nitrogens with two attached hydrogens (primary N) is 1. The van der Waals surface area contributed by atoms with Crippen LogP contribution in [0, 0.1) is 0 Å². The number of methoxy groups -OCH3 is 2. The summed E-state index contributed by atoms with van der Waals surface area (Å²) in [5, 5.41) is 4.70. The maximum Gasteiger partial charge on any atom is 0.236 e. The Hall–Kier alpha value is -2.42. The molecule has 0 aliphatic carbocycles. The van der Waals surface area contributed by atoms with Gasteiger partial charge in [0.15, 0.2) is 5.13 Å². The standard InChI is InChI=1S/C11H13N5O3S/c1-18-8-4-9(19-2)16-11(15-8)14-7(17)3-6-5-20-10(12)13-6/h4-5H,3H2,1-2H3,(H2,12,13)(H,14,15,16,17). The number of carbonyl (C=O) groups excluding carboxylic acids is 1. The smallest absolute Gasteiger partial charge is 0.236 e. The van der Waals surface area contributed by atoms with Gasteiger partial charge < -0.3 is 15.2 Å². The highest BCUT2D eigenvalue weighted by atomic mass is 32.1.